The van der Waals surface area contributed by atoms with Crippen LogP contribution in [0.3, 0.4) is 0 Å². The number of rotatable bonds is 7. The van der Waals surface area contributed by atoms with Gasteiger partial charge in [0.2, 0.25) is 5.91 Å². The molecule has 0 aliphatic rings. The quantitative estimate of drug-likeness (QED) is 0.671. The molecule has 0 unspecified atom stereocenters. The molecule has 1 N–H and O–H groups in total. The maximum absolute atomic E-state index is 13.3. The van der Waals surface area contributed by atoms with Gasteiger partial charge in [-0.1, -0.05) is 12.1 Å². The molecule has 0 saturated carbocycles. The first kappa shape index (κ1) is 16.3. The van der Waals surface area contributed by atoms with Crippen LogP contribution in [0.15, 0.2) is 48.4 Å². The van der Waals surface area contributed by atoms with E-state index in [4.69, 9.17) is 0 Å². The van der Waals surface area contributed by atoms with E-state index in [1.807, 2.05) is 22.2 Å². The van der Waals surface area contributed by atoms with Crippen LogP contribution >= 0.6 is 11.3 Å². The van der Waals surface area contributed by atoms with Crippen LogP contribution in [0.5, 0.6) is 0 Å². The number of hydrogen-bond acceptors (Lipinski definition) is 4. The Balaban J connectivity index is 1.46. The van der Waals surface area contributed by atoms with E-state index in [0.717, 1.165) is 23.5 Å². The van der Waals surface area contributed by atoms with Crippen LogP contribution in [0.25, 0.3) is 10.6 Å². The summed E-state index contributed by atoms with van der Waals surface area (Å²) in [6.45, 7) is 1.43. The smallest absolute Gasteiger partial charge is 0.226 e. The summed E-state index contributed by atoms with van der Waals surface area (Å²) in [6, 6.07) is 6.30. The minimum absolute atomic E-state index is 0.0586. The predicted octanol–water partition coefficient (Wildman–Crippen LogP) is 2.89. The predicted molar refractivity (Wildman–Crippen MR) is 91.1 cm³/mol. The molecule has 1 amide bonds. The van der Waals surface area contributed by atoms with Crippen molar-refractivity contribution in [3.8, 4) is 10.6 Å². The summed E-state index contributed by atoms with van der Waals surface area (Å²) < 4.78 is 15.2. The number of benzene rings is 1. The van der Waals surface area contributed by atoms with Crippen LogP contribution < -0.4 is 5.32 Å². The molecule has 24 heavy (non-hydrogen) atoms. The highest BCUT2D eigenvalue weighted by atomic mass is 32.1. The largest absolute Gasteiger partial charge is 0.356 e. The molecular weight excluding hydrogens is 327 g/mol. The van der Waals surface area contributed by atoms with Crippen LogP contribution in [0, 0.1) is 5.82 Å². The monoisotopic (exact) mass is 344 g/mol. The molecule has 0 bridgehead atoms. The summed E-state index contributed by atoms with van der Waals surface area (Å²) in [5, 5.41) is 5.44. The average molecular weight is 344 g/mol. The minimum atomic E-state index is -0.292. The van der Waals surface area contributed by atoms with Crippen molar-refractivity contribution >= 4 is 17.2 Å². The van der Waals surface area contributed by atoms with Crippen molar-refractivity contribution in [1.82, 2.24) is 19.9 Å². The van der Waals surface area contributed by atoms with Crippen LogP contribution in [0.2, 0.25) is 0 Å². The molecule has 2 aromatic heterocycles. The number of thiazole rings is 1. The second-order valence-corrected chi connectivity index (χ2v) is 6.19. The summed E-state index contributed by atoms with van der Waals surface area (Å²) in [5.74, 6) is -0.350. The summed E-state index contributed by atoms with van der Waals surface area (Å²) in [6.07, 6.45) is 6.46. The number of hydrogen-bond donors (Lipinski definition) is 1. The van der Waals surface area contributed by atoms with Gasteiger partial charge in [-0.2, -0.15) is 0 Å². The number of carbonyl (C=O) groups excluding carboxylic acids is 1. The molecule has 5 nitrogen and oxygen atoms in total. The van der Waals surface area contributed by atoms with E-state index in [2.05, 4.69) is 15.3 Å². The zero-order valence-corrected chi connectivity index (χ0v) is 13.8. The lowest BCUT2D eigenvalue weighted by molar-refractivity contribution is -0.120. The number of aromatic nitrogens is 3. The molecule has 1 aromatic carbocycles. The number of imidazole rings is 1. The van der Waals surface area contributed by atoms with E-state index in [9.17, 15) is 9.18 Å². The second kappa shape index (κ2) is 7.83. The Bertz CT molecular complexity index is 801. The van der Waals surface area contributed by atoms with Gasteiger partial charge in [-0.05, 0) is 18.6 Å². The van der Waals surface area contributed by atoms with E-state index in [-0.39, 0.29) is 18.1 Å². The zero-order chi connectivity index (χ0) is 16.8. The minimum Gasteiger partial charge on any atom is -0.356 e. The Morgan fingerprint density at radius 3 is 3.08 bits per heavy atom. The van der Waals surface area contributed by atoms with Crippen molar-refractivity contribution in [3.63, 3.8) is 0 Å². The van der Waals surface area contributed by atoms with Crippen LogP contribution in [-0.2, 0) is 17.8 Å². The number of nitrogens with zero attached hydrogens (tertiary/aromatic N) is 3. The Kier molecular flexibility index (Phi) is 5.32. The SMILES string of the molecule is O=C(Cc1csc(-c2cccc(F)c2)n1)NCCCn1ccnc1. The lowest BCUT2D eigenvalue weighted by Crippen LogP contribution is -2.26. The van der Waals surface area contributed by atoms with E-state index in [1.54, 1.807) is 18.6 Å². The van der Waals surface area contributed by atoms with Gasteiger partial charge in [-0.3, -0.25) is 4.79 Å². The number of carbonyl (C=O) groups is 1. The van der Waals surface area contributed by atoms with Crippen LogP contribution in [-0.4, -0.2) is 27.0 Å². The maximum atomic E-state index is 13.3. The standard InChI is InChI=1S/C17H17FN4OS/c18-14-4-1-3-13(9-14)17-21-15(11-24-17)10-16(23)20-5-2-7-22-8-6-19-12-22/h1,3-4,6,8-9,11-12H,2,5,7,10H2,(H,20,23). The van der Waals surface area contributed by atoms with Crippen molar-refractivity contribution < 1.29 is 9.18 Å². The molecule has 0 atom stereocenters. The number of halogens is 1. The summed E-state index contributed by atoms with van der Waals surface area (Å²) in [4.78, 5) is 20.3. The highest BCUT2D eigenvalue weighted by molar-refractivity contribution is 7.13. The highest BCUT2D eigenvalue weighted by Crippen LogP contribution is 2.24. The zero-order valence-electron chi connectivity index (χ0n) is 13.0. The Hall–Kier alpha value is -2.54. The molecule has 3 aromatic rings. The molecule has 0 spiro atoms. The van der Waals surface area contributed by atoms with E-state index in [0.29, 0.717) is 12.2 Å². The van der Waals surface area contributed by atoms with Crippen molar-refractivity contribution in [3.05, 3.63) is 59.9 Å². The summed E-state index contributed by atoms with van der Waals surface area (Å²) in [5.41, 5.74) is 1.43. The first-order valence-electron chi connectivity index (χ1n) is 7.63. The number of aryl methyl sites for hydroxylation is 1. The van der Waals surface area contributed by atoms with Crippen molar-refractivity contribution in [2.45, 2.75) is 19.4 Å². The Morgan fingerprint density at radius 2 is 2.29 bits per heavy atom. The van der Waals surface area contributed by atoms with Gasteiger partial charge in [0.1, 0.15) is 10.8 Å². The van der Waals surface area contributed by atoms with Gasteiger partial charge in [-0.25, -0.2) is 14.4 Å². The third-order valence-electron chi connectivity index (χ3n) is 3.44. The van der Waals surface area contributed by atoms with Crippen LogP contribution in [0.4, 0.5) is 4.39 Å². The van der Waals surface area contributed by atoms with Gasteiger partial charge in [0.15, 0.2) is 0 Å². The number of amides is 1. The van der Waals surface area contributed by atoms with Gasteiger partial charge < -0.3 is 9.88 Å². The fraction of sp³-hybridized carbons (Fsp3) is 0.235. The molecule has 2 heterocycles. The second-order valence-electron chi connectivity index (χ2n) is 5.34. The summed E-state index contributed by atoms with van der Waals surface area (Å²) >= 11 is 1.41. The van der Waals surface area contributed by atoms with Gasteiger partial charge >= 0.3 is 0 Å². The lowest BCUT2D eigenvalue weighted by atomic mass is 10.2. The first-order chi connectivity index (χ1) is 11.7. The average Bonchev–Trinajstić information content (AvgIpc) is 3.23. The molecule has 0 saturated heterocycles. The first-order valence-corrected chi connectivity index (χ1v) is 8.51. The fourth-order valence-electron chi connectivity index (χ4n) is 2.28. The third kappa shape index (κ3) is 4.48. The fourth-order valence-corrected chi connectivity index (χ4v) is 3.09. The van der Waals surface area contributed by atoms with Crippen LogP contribution in [0.1, 0.15) is 12.1 Å². The Morgan fingerprint density at radius 1 is 1.38 bits per heavy atom. The normalized spacial score (nSPS) is 10.7. The molecule has 124 valence electrons. The molecule has 7 heteroatoms. The lowest BCUT2D eigenvalue weighted by Gasteiger charge is -2.04. The van der Waals surface area contributed by atoms with Crippen molar-refractivity contribution in [1.29, 1.82) is 0 Å². The highest BCUT2D eigenvalue weighted by Gasteiger charge is 2.09. The maximum Gasteiger partial charge on any atom is 0.226 e. The van der Waals surface area contributed by atoms with Gasteiger partial charge in [0, 0.05) is 36.4 Å². The third-order valence-corrected chi connectivity index (χ3v) is 4.38. The molecule has 0 fully saturated rings. The van der Waals surface area contributed by atoms with Crippen molar-refractivity contribution in [2.75, 3.05) is 6.54 Å². The van der Waals surface area contributed by atoms with Gasteiger partial charge in [0.25, 0.3) is 0 Å². The summed E-state index contributed by atoms with van der Waals surface area (Å²) in [7, 11) is 0. The molecular formula is C17H17FN4OS. The Labute approximate surface area is 143 Å². The van der Waals surface area contributed by atoms with E-state index in [1.165, 1.54) is 23.5 Å². The topological polar surface area (TPSA) is 59.8 Å². The molecule has 3 rings (SSSR count). The molecule has 0 aliphatic heterocycles. The van der Waals surface area contributed by atoms with E-state index >= 15 is 0 Å². The van der Waals surface area contributed by atoms with E-state index < -0.39 is 0 Å². The molecule has 0 aliphatic carbocycles. The number of nitrogens with one attached hydrogen (secondary N) is 1. The van der Waals surface area contributed by atoms with Crippen molar-refractivity contribution in [2.24, 2.45) is 0 Å². The van der Waals surface area contributed by atoms with Gasteiger partial charge in [0.05, 0.1) is 18.4 Å². The van der Waals surface area contributed by atoms with Gasteiger partial charge in [-0.15, -0.1) is 11.3 Å². The molecule has 0 radical (unpaired) electrons.